The number of rotatable bonds is 4. The van der Waals surface area contributed by atoms with E-state index in [9.17, 15) is 14.7 Å². The molecule has 1 aliphatic rings. The van der Waals surface area contributed by atoms with Crippen LogP contribution in [0.3, 0.4) is 0 Å². The van der Waals surface area contributed by atoms with Crippen LogP contribution in [0.25, 0.3) is 11.3 Å². The van der Waals surface area contributed by atoms with E-state index in [2.05, 4.69) is 15.4 Å². The Hall–Kier alpha value is -2.30. The van der Waals surface area contributed by atoms with Crippen molar-refractivity contribution >= 4 is 12.1 Å². The first-order valence-electron chi connectivity index (χ1n) is 8.49. The van der Waals surface area contributed by atoms with Gasteiger partial charge in [-0.25, -0.2) is 9.59 Å². The summed E-state index contributed by atoms with van der Waals surface area (Å²) in [5.41, 5.74) is 2.99. The van der Waals surface area contributed by atoms with Gasteiger partial charge in [0, 0.05) is 30.1 Å². The fourth-order valence-electron chi connectivity index (χ4n) is 3.05. The number of aryl methyl sites for hydroxylation is 1. The van der Waals surface area contributed by atoms with Gasteiger partial charge in [-0.1, -0.05) is 0 Å². The predicted octanol–water partition coefficient (Wildman–Crippen LogP) is -0.617. The van der Waals surface area contributed by atoms with Crippen molar-refractivity contribution in [1.29, 1.82) is 0 Å². The number of hydrogen-bond acceptors (Lipinski definition) is 5. The first-order chi connectivity index (χ1) is 12.3. The second kappa shape index (κ2) is 8.15. The van der Waals surface area contributed by atoms with E-state index >= 15 is 0 Å². The van der Waals surface area contributed by atoms with Gasteiger partial charge in [0.1, 0.15) is 11.3 Å². The van der Waals surface area contributed by atoms with Crippen LogP contribution in [0, 0.1) is 0 Å². The Morgan fingerprint density at radius 2 is 2.11 bits per heavy atom. The quantitative estimate of drug-likeness (QED) is 0.699. The largest absolute Gasteiger partial charge is 1.00 e. The minimum Gasteiger partial charge on any atom is -1.00 e. The van der Waals surface area contributed by atoms with E-state index in [0.29, 0.717) is 12.1 Å². The number of aromatic carboxylic acids is 1. The van der Waals surface area contributed by atoms with E-state index in [1.54, 1.807) is 33.2 Å². The van der Waals surface area contributed by atoms with Crippen molar-refractivity contribution in [2.45, 2.75) is 45.8 Å². The van der Waals surface area contributed by atoms with Crippen molar-refractivity contribution in [2.24, 2.45) is 0 Å². The van der Waals surface area contributed by atoms with Gasteiger partial charge in [-0.2, -0.15) is 5.10 Å². The van der Waals surface area contributed by atoms with Crippen LogP contribution in [0.4, 0.5) is 4.79 Å². The first kappa shape index (κ1) is 21.0. The number of alkyl carbamates (subject to hydrolysis) is 1. The summed E-state index contributed by atoms with van der Waals surface area (Å²) in [6.45, 7) is 5.81. The molecule has 0 atom stereocenters. The number of hydrogen-bond donors (Lipinski definition) is 2. The smallest absolute Gasteiger partial charge is 1.00 e. The van der Waals surface area contributed by atoms with Gasteiger partial charge in [0.05, 0.1) is 12.2 Å². The summed E-state index contributed by atoms with van der Waals surface area (Å²) in [7, 11) is 0. The van der Waals surface area contributed by atoms with Crippen LogP contribution in [-0.4, -0.2) is 44.1 Å². The summed E-state index contributed by atoms with van der Waals surface area (Å²) in [5, 5.41) is 16.8. The molecule has 1 aliphatic carbocycles. The van der Waals surface area contributed by atoms with Crippen molar-refractivity contribution in [3.05, 3.63) is 35.3 Å². The number of carboxylic acids is 1. The van der Waals surface area contributed by atoms with E-state index in [0.717, 1.165) is 23.1 Å². The first-order valence-corrected chi connectivity index (χ1v) is 8.49. The van der Waals surface area contributed by atoms with Gasteiger partial charge in [0.2, 0.25) is 0 Å². The topological polar surface area (TPSA) is 106 Å². The van der Waals surface area contributed by atoms with Gasteiger partial charge in [0.25, 0.3) is 0 Å². The zero-order valence-electron chi connectivity index (χ0n) is 17.1. The molecule has 0 fully saturated rings. The number of fused-ring (bicyclic) bond motifs is 3. The third-order valence-corrected chi connectivity index (χ3v) is 4.05. The van der Waals surface area contributed by atoms with Crippen molar-refractivity contribution in [3.63, 3.8) is 0 Å². The Morgan fingerprint density at radius 1 is 1.37 bits per heavy atom. The van der Waals surface area contributed by atoms with Crippen molar-refractivity contribution in [3.8, 4) is 11.3 Å². The van der Waals surface area contributed by atoms with Crippen molar-refractivity contribution in [2.75, 3.05) is 6.54 Å². The summed E-state index contributed by atoms with van der Waals surface area (Å²) < 4.78 is 6.62. The average molecular weight is 366 g/mol. The molecule has 140 valence electrons. The minimum absolute atomic E-state index is 0. The van der Waals surface area contributed by atoms with Gasteiger partial charge < -0.3 is 16.6 Å². The molecule has 0 aromatic carbocycles. The molecule has 1 amide bonds. The standard InChI is InChI=1S/C18H22N4O4.Li.H/c1-18(2,3)26-17(25)20-8-9-22-15(16(23)24)13-5-4-11-10-19-7-6-12(11)14(13)21-22;;/h6-7,10H,4-5,8-9H2,1-3H3,(H,20,25)(H,23,24);;/q;+1;-1. The number of aromatic nitrogens is 3. The number of carbonyl (C=O) groups excluding carboxylic acids is 1. The third-order valence-electron chi connectivity index (χ3n) is 4.05. The SMILES string of the molecule is CC(C)(C)OC(=O)NCCn1nc2c(c1C(=O)O)CCc1cnccc1-2.[H-].[Li+]. The maximum absolute atomic E-state index is 11.8. The van der Waals surface area contributed by atoms with Gasteiger partial charge in [-0.05, 0) is 45.2 Å². The molecule has 27 heavy (non-hydrogen) atoms. The number of nitrogens with zero attached hydrogens (tertiary/aromatic N) is 3. The monoisotopic (exact) mass is 366 g/mol. The van der Waals surface area contributed by atoms with Gasteiger partial charge >= 0.3 is 30.9 Å². The van der Waals surface area contributed by atoms with Crippen LogP contribution in [0.5, 0.6) is 0 Å². The molecule has 9 heteroatoms. The second-order valence-corrected chi connectivity index (χ2v) is 7.17. The number of amides is 1. The molecule has 8 nitrogen and oxygen atoms in total. The molecular weight excluding hydrogens is 343 g/mol. The molecule has 0 saturated heterocycles. The fourth-order valence-corrected chi connectivity index (χ4v) is 3.05. The Bertz CT molecular complexity index is 864. The van der Waals surface area contributed by atoms with Crippen LogP contribution in [0.15, 0.2) is 18.5 Å². The summed E-state index contributed by atoms with van der Waals surface area (Å²) in [4.78, 5) is 27.6. The summed E-state index contributed by atoms with van der Waals surface area (Å²) in [6, 6.07) is 1.86. The second-order valence-electron chi connectivity index (χ2n) is 7.17. The number of carbonyl (C=O) groups is 2. The number of carboxylic acid groups (broad SMARTS) is 1. The zero-order valence-corrected chi connectivity index (χ0v) is 16.1. The van der Waals surface area contributed by atoms with Gasteiger partial charge in [-0.3, -0.25) is 9.67 Å². The molecule has 0 aliphatic heterocycles. The average Bonchev–Trinajstić information content (AvgIpc) is 2.92. The molecule has 0 bridgehead atoms. The van der Waals surface area contributed by atoms with Crippen LogP contribution in [0.1, 0.15) is 43.8 Å². The molecule has 2 heterocycles. The maximum atomic E-state index is 11.8. The van der Waals surface area contributed by atoms with Crippen LogP contribution in [-0.2, 0) is 24.1 Å². The van der Waals surface area contributed by atoms with Gasteiger partial charge in [-0.15, -0.1) is 0 Å². The number of ether oxygens (including phenoxy) is 1. The van der Waals surface area contributed by atoms with Crippen molar-refractivity contribution < 1.29 is 39.7 Å². The Labute approximate surface area is 171 Å². The van der Waals surface area contributed by atoms with Crippen LogP contribution < -0.4 is 24.2 Å². The number of nitrogens with one attached hydrogen (secondary N) is 1. The molecule has 0 spiro atoms. The summed E-state index contributed by atoms with van der Waals surface area (Å²) >= 11 is 0. The van der Waals surface area contributed by atoms with E-state index in [1.165, 1.54) is 4.68 Å². The van der Waals surface area contributed by atoms with E-state index in [-0.39, 0.29) is 39.1 Å². The molecule has 0 unspecified atom stereocenters. The van der Waals surface area contributed by atoms with Crippen LogP contribution >= 0.6 is 0 Å². The molecule has 3 rings (SSSR count). The fraction of sp³-hybridized carbons (Fsp3) is 0.444. The molecule has 2 N–H and O–H groups in total. The maximum Gasteiger partial charge on any atom is 1.00 e. The molecule has 2 aromatic heterocycles. The third kappa shape index (κ3) is 4.70. The summed E-state index contributed by atoms with van der Waals surface area (Å²) in [5.74, 6) is -1.02. The Balaban J connectivity index is 0.00000196. The van der Waals surface area contributed by atoms with Crippen LogP contribution in [0.2, 0.25) is 0 Å². The van der Waals surface area contributed by atoms with Gasteiger partial charge in [0.15, 0.2) is 0 Å². The molecule has 2 aromatic rings. The van der Waals surface area contributed by atoms with E-state index < -0.39 is 17.7 Å². The molecule has 0 saturated carbocycles. The Morgan fingerprint density at radius 3 is 2.78 bits per heavy atom. The summed E-state index contributed by atoms with van der Waals surface area (Å²) in [6.07, 6.45) is 4.27. The normalized spacial score (nSPS) is 12.4. The predicted molar refractivity (Wildman–Crippen MR) is 95.2 cm³/mol. The molecule has 0 radical (unpaired) electrons. The Kier molecular flexibility index (Phi) is 6.34. The zero-order chi connectivity index (χ0) is 18.9. The minimum atomic E-state index is -1.02. The molecular formula is C18H23LiN4O4. The number of pyridine rings is 1. The van der Waals surface area contributed by atoms with Crippen molar-refractivity contribution in [1.82, 2.24) is 20.1 Å². The van der Waals surface area contributed by atoms with E-state index in [1.807, 2.05) is 6.07 Å². The van der Waals surface area contributed by atoms with E-state index in [4.69, 9.17) is 4.74 Å².